The van der Waals surface area contributed by atoms with Crippen LogP contribution in [0.2, 0.25) is 0 Å². The number of aliphatic carboxylic acids is 1. The predicted octanol–water partition coefficient (Wildman–Crippen LogP) is 2.45. The molecule has 0 spiro atoms. The maximum absolute atomic E-state index is 11.2. The largest absolute Gasteiger partial charge is 0.481 e. The zero-order valence-corrected chi connectivity index (χ0v) is 13.0. The summed E-state index contributed by atoms with van der Waals surface area (Å²) in [7, 11) is 0. The summed E-state index contributed by atoms with van der Waals surface area (Å²) >= 11 is 6.26. The minimum absolute atomic E-state index is 0.0155. The fraction of sp³-hybridized carbons (Fsp3) is 0.933. The second-order valence-electron chi connectivity index (χ2n) is 6.79. The van der Waals surface area contributed by atoms with Crippen LogP contribution in [0.5, 0.6) is 0 Å². The van der Waals surface area contributed by atoms with E-state index in [1.165, 1.54) is 0 Å². The van der Waals surface area contributed by atoms with Crippen LogP contribution in [0.3, 0.4) is 0 Å². The van der Waals surface area contributed by atoms with Gasteiger partial charge < -0.3 is 5.11 Å². The lowest BCUT2D eigenvalue weighted by molar-refractivity contribution is -0.143. The van der Waals surface area contributed by atoms with Gasteiger partial charge >= 0.3 is 5.97 Å². The Balaban J connectivity index is 1.53. The van der Waals surface area contributed by atoms with Crippen molar-refractivity contribution in [1.82, 2.24) is 10.8 Å². The van der Waals surface area contributed by atoms with Crippen LogP contribution in [0, 0.1) is 17.8 Å². The van der Waals surface area contributed by atoms with Gasteiger partial charge in [-0.05, 0) is 44.4 Å². The molecule has 6 heteroatoms. The Morgan fingerprint density at radius 1 is 1.10 bits per heavy atom. The van der Waals surface area contributed by atoms with Crippen molar-refractivity contribution in [2.24, 2.45) is 17.8 Å². The number of halogens is 1. The molecule has 3 rings (SSSR count). The van der Waals surface area contributed by atoms with E-state index in [9.17, 15) is 9.90 Å². The van der Waals surface area contributed by atoms with Gasteiger partial charge in [0.25, 0.3) is 0 Å². The fourth-order valence-corrected chi connectivity index (χ4v) is 4.43. The van der Waals surface area contributed by atoms with E-state index >= 15 is 0 Å². The molecule has 3 aliphatic rings. The average Bonchev–Trinajstić information content (AvgIpc) is 2.97. The molecule has 2 aliphatic carbocycles. The van der Waals surface area contributed by atoms with Crippen LogP contribution >= 0.6 is 11.6 Å². The summed E-state index contributed by atoms with van der Waals surface area (Å²) in [4.78, 5) is 16.9. The standard InChI is InChI=1S/C15H25ClN2O3/c16-12-6-2-4-10(8-12)14-17-13(18-21-14)9-3-1-5-11(7-9)15(19)20/h9-14,17-18H,1-8H2,(H,19,20). The Morgan fingerprint density at radius 2 is 1.86 bits per heavy atom. The molecule has 0 amide bonds. The number of carbonyl (C=O) groups is 1. The molecule has 0 aromatic carbocycles. The summed E-state index contributed by atoms with van der Waals surface area (Å²) in [5, 5.41) is 13.0. The van der Waals surface area contributed by atoms with E-state index in [1.54, 1.807) is 0 Å². The van der Waals surface area contributed by atoms with Gasteiger partial charge in [-0.15, -0.1) is 11.6 Å². The van der Waals surface area contributed by atoms with E-state index in [-0.39, 0.29) is 23.7 Å². The van der Waals surface area contributed by atoms with E-state index in [1.807, 2.05) is 0 Å². The molecule has 1 aliphatic heterocycles. The second-order valence-corrected chi connectivity index (χ2v) is 7.40. The smallest absolute Gasteiger partial charge is 0.306 e. The molecule has 2 saturated carbocycles. The highest BCUT2D eigenvalue weighted by Crippen LogP contribution is 2.35. The van der Waals surface area contributed by atoms with Gasteiger partial charge in [-0.25, -0.2) is 0 Å². The SMILES string of the molecule is O=C(O)C1CCCC(C2NOC(C3CCCC(Cl)C3)N2)C1. The third-order valence-corrected chi connectivity index (χ3v) is 5.68. The number of hydrogen-bond acceptors (Lipinski definition) is 4. The van der Waals surface area contributed by atoms with Gasteiger partial charge in [0, 0.05) is 11.3 Å². The molecule has 1 heterocycles. The number of hydroxylamine groups is 1. The third kappa shape index (κ3) is 3.70. The molecule has 0 aromatic heterocycles. The minimum Gasteiger partial charge on any atom is -0.481 e. The van der Waals surface area contributed by atoms with Crippen molar-refractivity contribution < 1.29 is 14.7 Å². The number of nitrogens with one attached hydrogen (secondary N) is 2. The highest BCUT2D eigenvalue weighted by Gasteiger charge is 2.39. The Labute approximate surface area is 130 Å². The quantitative estimate of drug-likeness (QED) is 0.698. The summed E-state index contributed by atoms with van der Waals surface area (Å²) in [5.74, 6) is -0.0708. The van der Waals surface area contributed by atoms with Crippen molar-refractivity contribution in [3.63, 3.8) is 0 Å². The maximum atomic E-state index is 11.2. The summed E-state index contributed by atoms with van der Waals surface area (Å²) in [6.07, 6.45) is 8.09. The van der Waals surface area contributed by atoms with E-state index in [2.05, 4.69) is 10.8 Å². The number of hydrogen-bond donors (Lipinski definition) is 3. The normalized spacial score (nSPS) is 44.6. The lowest BCUT2D eigenvalue weighted by Gasteiger charge is -2.31. The Morgan fingerprint density at radius 3 is 2.62 bits per heavy atom. The molecule has 0 radical (unpaired) electrons. The number of alkyl halides is 1. The van der Waals surface area contributed by atoms with Crippen LogP contribution in [0.4, 0.5) is 0 Å². The Hall–Kier alpha value is -0.360. The van der Waals surface area contributed by atoms with E-state index in [4.69, 9.17) is 16.4 Å². The molecule has 6 unspecified atom stereocenters. The van der Waals surface area contributed by atoms with Crippen LogP contribution in [0.15, 0.2) is 0 Å². The molecule has 21 heavy (non-hydrogen) atoms. The molecular formula is C15H25ClN2O3. The van der Waals surface area contributed by atoms with Crippen molar-refractivity contribution in [2.45, 2.75) is 69.1 Å². The molecular weight excluding hydrogens is 292 g/mol. The second kappa shape index (κ2) is 6.82. The first-order valence-electron chi connectivity index (χ1n) is 8.17. The van der Waals surface area contributed by atoms with Gasteiger partial charge in [-0.2, -0.15) is 5.48 Å². The van der Waals surface area contributed by atoms with Gasteiger partial charge in [0.1, 0.15) is 6.23 Å². The highest BCUT2D eigenvalue weighted by atomic mass is 35.5. The number of carboxylic acid groups (broad SMARTS) is 1. The zero-order valence-electron chi connectivity index (χ0n) is 12.3. The van der Waals surface area contributed by atoms with Crippen molar-refractivity contribution in [1.29, 1.82) is 0 Å². The van der Waals surface area contributed by atoms with E-state index in [0.29, 0.717) is 11.8 Å². The van der Waals surface area contributed by atoms with E-state index < -0.39 is 5.97 Å². The molecule has 0 bridgehead atoms. The summed E-state index contributed by atoms with van der Waals surface area (Å²) in [6.45, 7) is 0. The lowest BCUT2D eigenvalue weighted by Crippen LogP contribution is -2.45. The molecule has 6 atom stereocenters. The number of carboxylic acids is 1. The Bertz CT molecular complexity index is 382. The zero-order chi connectivity index (χ0) is 14.8. The molecule has 0 aromatic rings. The first kappa shape index (κ1) is 15.5. The average molecular weight is 317 g/mol. The van der Waals surface area contributed by atoms with Crippen LogP contribution < -0.4 is 10.8 Å². The summed E-state index contributed by atoms with van der Waals surface area (Å²) < 4.78 is 0. The molecule has 3 N–H and O–H groups in total. The van der Waals surface area contributed by atoms with Gasteiger partial charge in [-0.3, -0.25) is 14.9 Å². The van der Waals surface area contributed by atoms with Gasteiger partial charge in [0.2, 0.25) is 0 Å². The molecule has 120 valence electrons. The van der Waals surface area contributed by atoms with Crippen molar-refractivity contribution >= 4 is 17.6 Å². The molecule has 1 saturated heterocycles. The molecule has 3 fully saturated rings. The highest BCUT2D eigenvalue weighted by molar-refractivity contribution is 6.20. The van der Waals surface area contributed by atoms with Crippen molar-refractivity contribution in [2.75, 3.05) is 0 Å². The minimum atomic E-state index is -0.660. The third-order valence-electron chi connectivity index (χ3n) is 5.28. The number of rotatable bonds is 3. The van der Waals surface area contributed by atoms with E-state index in [0.717, 1.165) is 51.4 Å². The Kier molecular flexibility index (Phi) is 5.04. The van der Waals surface area contributed by atoms with Crippen molar-refractivity contribution in [3.05, 3.63) is 0 Å². The summed E-state index contributed by atoms with van der Waals surface area (Å²) in [5.41, 5.74) is 3.10. The van der Waals surface area contributed by atoms with Gasteiger partial charge in [-0.1, -0.05) is 12.8 Å². The topological polar surface area (TPSA) is 70.6 Å². The van der Waals surface area contributed by atoms with Crippen LogP contribution in [-0.4, -0.2) is 28.8 Å². The lowest BCUT2D eigenvalue weighted by atomic mass is 9.80. The maximum Gasteiger partial charge on any atom is 0.306 e. The molecule has 5 nitrogen and oxygen atoms in total. The summed E-state index contributed by atoms with van der Waals surface area (Å²) in [6, 6.07) is 0. The van der Waals surface area contributed by atoms with Crippen LogP contribution in [0.25, 0.3) is 0 Å². The monoisotopic (exact) mass is 316 g/mol. The van der Waals surface area contributed by atoms with Gasteiger partial charge in [0.05, 0.1) is 12.1 Å². The first-order valence-corrected chi connectivity index (χ1v) is 8.61. The van der Waals surface area contributed by atoms with Crippen LogP contribution in [0.1, 0.15) is 51.4 Å². The van der Waals surface area contributed by atoms with Crippen molar-refractivity contribution in [3.8, 4) is 0 Å². The van der Waals surface area contributed by atoms with Crippen LogP contribution in [-0.2, 0) is 9.63 Å². The fourth-order valence-electron chi connectivity index (χ4n) is 4.05. The predicted molar refractivity (Wildman–Crippen MR) is 79.6 cm³/mol. The van der Waals surface area contributed by atoms with Gasteiger partial charge in [0.15, 0.2) is 0 Å². The first-order chi connectivity index (χ1) is 10.1.